The van der Waals surface area contributed by atoms with E-state index in [1.165, 1.54) is 11.9 Å². The molecule has 6 nitrogen and oxygen atoms in total. The van der Waals surface area contributed by atoms with Gasteiger partial charge in [-0.25, -0.2) is 14.8 Å². The van der Waals surface area contributed by atoms with Crippen molar-refractivity contribution < 1.29 is 4.79 Å². The Bertz CT molecular complexity index is 772. The summed E-state index contributed by atoms with van der Waals surface area (Å²) in [5.41, 5.74) is 2.47. The topological polar surface area (TPSA) is 61.4 Å². The molecule has 2 heterocycles. The van der Waals surface area contributed by atoms with Crippen LogP contribution in [0.3, 0.4) is 0 Å². The average molecular weight is 388 g/mol. The maximum Gasteiger partial charge on any atom is 0.317 e. The second kappa shape index (κ2) is 8.57. The van der Waals surface area contributed by atoms with Gasteiger partial charge in [-0.2, -0.15) is 0 Å². The number of piperidine rings is 1. The molecule has 1 fully saturated rings. The predicted molar refractivity (Wildman–Crippen MR) is 108 cm³/mol. The lowest BCUT2D eigenvalue weighted by molar-refractivity contribution is 0.214. The zero-order valence-corrected chi connectivity index (χ0v) is 16.8. The molecule has 2 amide bonds. The lowest BCUT2D eigenvalue weighted by Crippen LogP contribution is -2.36. The van der Waals surface area contributed by atoms with Crippen molar-refractivity contribution in [3.8, 4) is 0 Å². The van der Waals surface area contributed by atoms with Crippen LogP contribution in [-0.2, 0) is 0 Å². The normalized spacial score (nSPS) is 16.1. The number of aromatic nitrogens is 2. The van der Waals surface area contributed by atoms with Crippen molar-refractivity contribution in [2.24, 2.45) is 0 Å². The highest BCUT2D eigenvalue weighted by atomic mass is 35.5. The fourth-order valence-electron chi connectivity index (χ4n) is 3.39. The van der Waals surface area contributed by atoms with Gasteiger partial charge < -0.3 is 15.1 Å². The Labute approximate surface area is 165 Å². The standard InChI is InChI=1S/C20H26ClN5O/c1-14(24-20(27)25(2)3)15-4-6-16(7-5-15)17-8-10-26(11-9-17)19-12-18(21)22-13-23-19/h4-7,12-14,17H,8-11H2,1-3H3,(H,24,27). The van der Waals surface area contributed by atoms with Gasteiger partial charge in [-0.05, 0) is 36.8 Å². The van der Waals surface area contributed by atoms with Crippen LogP contribution in [0.1, 0.15) is 42.9 Å². The first-order valence-electron chi connectivity index (χ1n) is 9.24. The molecule has 3 rings (SSSR count). The largest absolute Gasteiger partial charge is 0.356 e. The molecule has 1 atom stereocenters. The van der Waals surface area contributed by atoms with Crippen LogP contribution in [0.25, 0.3) is 0 Å². The molecule has 7 heteroatoms. The van der Waals surface area contributed by atoms with E-state index in [-0.39, 0.29) is 12.1 Å². The van der Waals surface area contributed by atoms with E-state index in [2.05, 4.69) is 44.5 Å². The van der Waals surface area contributed by atoms with E-state index < -0.39 is 0 Å². The molecule has 1 saturated heterocycles. The number of hydrogen-bond donors (Lipinski definition) is 1. The fraction of sp³-hybridized carbons (Fsp3) is 0.450. The summed E-state index contributed by atoms with van der Waals surface area (Å²) in [6.07, 6.45) is 3.67. The molecule has 0 radical (unpaired) electrons. The smallest absolute Gasteiger partial charge is 0.317 e. The van der Waals surface area contributed by atoms with Crippen molar-refractivity contribution >= 4 is 23.4 Å². The number of carbonyl (C=O) groups is 1. The Morgan fingerprint density at radius 3 is 2.48 bits per heavy atom. The molecular weight excluding hydrogens is 362 g/mol. The predicted octanol–water partition coefficient (Wildman–Crippen LogP) is 3.85. The van der Waals surface area contributed by atoms with Crippen molar-refractivity contribution in [2.75, 3.05) is 32.1 Å². The van der Waals surface area contributed by atoms with Crippen LogP contribution < -0.4 is 10.2 Å². The van der Waals surface area contributed by atoms with Crippen molar-refractivity contribution in [2.45, 2.75) is 31.7 Å². The van der Waals surface area contributed by atoms with Crippen molar-refractivity contribution in [1.29, 1.82) is 0 Å². The average Bonchev–Trinajstić information content (AvgIpc) is 2.68. The third-order valence-corrected chi connectivity index (χ3v) is 5.30. The van der Waals surface area contributed by atoms with Gasteiger partial charge in [-0.3, -0.25) is 0 Å². The van der Waals surface area contributed by atoms with Crippen molar-refractivity contribution in [3.63, 3.8) is 0 Å². The highest BCUT2D eigenvalue weighted by molar-refractivity contribution is 6.29. The first-order valence-corrected chi connectivity index (χ1v) is 9.62. The first kappa shape index (κ1) is 19.4. The third kappa shape index (κ3) is 4.89. The van der Waals surface area contributed by atoms with Gasteiger partial charge in [-0.15, -0.1) is 0 Å². The summed E-state index contributed by atoms with van der Waals surface area (Å²) >= 11 is 5.97. The van der Waals surface area contributed by atoms with E-state index in [4.69, 9.17) is 11.6 Å². The van der Waals surface area contributed by atoms with Gasteiger partial charge in [0.1, 0.15) is 17.3 Å². The highest BCUT2D eigenvalue weighted by Gasteiger charge is 2.22. The molecule has 0 aliphatic carbocycles. The second-order valence-electron chi connectivity index (χ2n) is 7.19. The molecule has 0 spiro atoms. The lowest BCUT2D eigenvalue weighted by Gasteiger charge is -2.33. The Balaban J connectivity index is 1.58. The SMILES string of the molecule is CC(NC(=O)N(C)C)c1ccc(C2CCN(c3cc(Cl)ncn3)CC2)cc1. The molecule has 1 aromatic heterocycles. The minimum absolute atomic E-state index is 0.0155. The number of amides is 2. The van der Waals surface area contributed by atoms with Gasteiger partial charge in [0.05, 0.1) is 6.04 Å². The molecule has 1 aliphatic heterocycles. The summed E-state index contributed by atoms with van der Waals surface area (Å²) in [6.45, 7) is 3.91. The number of hydrogen-bond acceptors (Lipinski definition) is 4. The van der Waals surface area contributed by atoms with Crippen LogP contribution in [0.2, 0.25) is 5.15 Å². The summed E-state index contributed by atoms with van der Waals surface area (Å²) in [7, 11) is 3.49. The number of urea groups is 1. The van der Waals surface area contributed by atoms with E-state index in [0.29, 0.717) is 11.1 Å². The highest BCUT2D eigenvalue weighted by Crippen LogP contribution is 2.30. The molecular formula is C20H26ClN5O. The van der Waals surface area contributed by atoms with Crippen LogP contribution in [-0.4, -0.2) is 48.1 Å². The molecule has 1 aromatic carbocycles. The number of halogens is 1. The van der Waals surface area contributed by atoms with Crippen molar-refractivity contribution in [3.05, 3.63) is 52.9 Å². The number of carbonyl (C=O) groups excluding carboxylic acids is 1. The van der Waals surface area contributed by atoms with E-state index in [1.54, 1.807) is 19.0 Å². The molecule has 1 N–H and O–H groups in total. The fourth-order valence-corrected chi connectivity index (χ4v) is 3.53. The lowest BCUT2D eigenvalue weighted by atomic mass is 9.88. The maximum atomic E-state index is 11.8. The number of rotatable bonds is 4. The van der Waals surface area contributed by atoms with Gasteiger partial charge in [0.25, 0.3) is 0 Å². The summed E-state index contributed by atoms with van der Waals surface area (Å²) in [6, 6.07) is 10.3. The van der Waals surface area contributed by atoms with E-state index in [1.807, 2.05) is 13.0 Å². The minimum atomic E-state index is -0.0798. The van der Waals surface area contributed by atoms with Crippen molar-refractivity contribution in [1.82, 2.24) is 20.2 Å². The molecule has 2 aromatic rings. The number of nitrogens with zero attached hydrogens (tertiary/aromatic N) is 4. The summed E-state index contributed by atoms with van der Waals surface area (Å²) in [5.74, 6) is 1.44. The van der Waals surface area contributed by atoms with E-state index in [0.717, 1.165) is 37.3 Å². The summed E-state index contributed by atoms with van der Waals surface area (Å²) in [4.78, 5) is 23.9. The minimum Gasteiger partial charge on any atom is -0.356 e. The third-order valence-electron chi connectivity index (χ3n) is 5.09. The van der Waals surface area contributed by atoms with Gasteiger partial charge in [0, 0.05) is 33.3 Å². The molecule has 144 valence electrons. The Kier molecular flexibility index (Phi) is 6.16. The summed E-state index contributed by atoms with van der Waals surface area (Å²) in [5, 5.41) is 3.46. The first-order chi connectivity index (χ1) is 12.9. The van der Waals surface area contributed by atoms with Crippen LogP contribution in [0.15, 0.2) is 36.7 Å². The molecule has 0 bridgehead atoms. The van der Waals surface area contributed by atoms with Gasteiger partial charge >= 0.3 is 6.03 Å². The zero-order chi connectivity index (χ0) is 19.4. The van der Waals surface area contributed by atoms with Crippen LogP contribution in [0.5, 0.6) is 0 Å². The second-order valence-corrected chi connectivity index (χ2v) is 7.58. The molecule has 27 heavy (non-hydrogen) atoms. The van der Waals surface area contributed by atoms with Gasteiger partial charge in [0.15, 0.2) is 0 Å². The number of benzene rings is 1. The van der Waals surface area contributed by atoms with E-state index in [9.17, 15) is 4.79 Å². The zero-order valence-electron chi connectivity index (χ0n) is 16.0. The molecule has 0 saturated carbocycles. The van der Waals surface area contributed by atoms with Crippen LogP contribution in [0.4, 0.5) is 10.6 Å². The number of anilines is 1. The van der Waals surface area contributed by atoms with Crippen LogP contribution >= 0.6 is 11.6 Å². The monoisotopic (exact) mass is 387 g/mol. The van der Waals surface area contributed by atoms with E-state index >= 15 is 0 Å². The maximum absolute atomic E-state index is 11.8. The Morgan fingerprint density at radius 1 is 1.22 bits per heavy atom. The summed E-state index contributed by atoms with van der Waals surface area (Å²) < 4.78 is 0. The number of nitrogens with one attached hydrogen (secondary N) is 1. The molecule has 1 unspecified atom stereocenters. The Hall–Kier alpha value is -2.34. The van der Waals surface area contributed by atoms with Crippen LogP contribution in [0, 0.1) is 0 Å². The molecule has 1 aliphatic rings. The van der Waals surface area contributed by atoms with Gasteiger partial charge in [-0.1, -0.05) is 35.9 Å². The Morgan fingerprint density at radius 2 is 1.89 bits per heavy atom. The van der Waals surface area contributed by atoms with Gasteiger partial charge in [0.2, 0.25) is 0 Å². The quantitative estimate of drug-likeness (QED) is 0.809.